The maximum Gasteiger partial charge on any atom is 0.254 e. The molecule has 0 saturated heterocycles. The molecule has 1 aliphatic rings. The fraction of sp³-hybridized carbons (Fsp3) is 0.316. The van der Waals surface area contributed by atoms with Crippen LogP contribution in [-0.4, -0.2) is 17.4 Å². The lowest BCUT2D eigenvalue weighted by molar-refractivity contribution is 0.0603. The van der Waals surface area contributed by atoms with Gasteiger partial charge in [-0.2, -0.15) is 0 Å². The van der Waals surface area contributed by atoms with Gasteiger partial charge in [0.25, 0.3) is 5.91 Å². The van der Waals surface area contributed by atoms with Crippen LogP contribution in [-0.2, 0) is 6.42 Å². The average Bonchev–Trinajstić information content (AvgIpc) is 2.53. The lowest BCUT2D eigenvalue weighted by Crippen LogP contribution is -2.42. The Morgan fingerprint density at radius 3 is 2.50 bits per heavy atom. The van der Waals surface area contributed by atoms with Crippen LogP contribution in [0.15, 0.2) is 48.5 Å². The number of rotatable bonds is 2. The SMILES string of the molecule is CC(C)C1c2ccccc2CCN1C(=O)c1ccc(F)cc1. The third-order valence-electron chi connectivity index (χ3n) is 4.32. The molecule has 0 fully saturated rings. The Morgan fingerprint density at radius 2 is 1.82 bits per heavy atom. The van der Waals surface area contributed by atoms with E-state index in [9.17, 15) is 9.18 Å². The number of carbonyl (C=O) groups excluding carboxylic acids is 1. The number of nitrogens with zero attached hydrogens (tertiary/aromatic N) is 1. The number of hydrogen-bond donors (Lipinski definition) is 0. The van der Waals surface area contributed by atoms with E-state index in [2.05, 4.69) is 26.0 Å². The number of fused-ring (bicyclic) bond motifs is 1. The van der Waals surface area contributed by atoms with Crippen LogP contribution in [0.1, 0.15) is 41.4 Å². The van der Waals surface area contributed by atoms with Crippen molar-refractivity contribution in [3.63, 3.8) is 0 Å². The molecular formula is C19H20FNO. The molecule has 2 aromatic carbocycles. The number of hydrogen-bond acceptors (Lipinski definition) is 1. The van der Waals surface area contributed by atoms with E-state index in [1.807, 2.05) is 17.0 Å². The molecule has 2 nitrogen and oxygen atoms in total. The lowest BCUT2D eigenvalue weighted by atomic mass is 9.86. The predicted molar refractivity (Wildman–Crippen MR) is 85.2 cm³/mol. The Morgan fingerprint density at radius 1 is 1.14 bits per heavy atom. The van der Waals surface area contributed by atoms with Crippen LogP contribution in [0.2, 0.25) is 0 Å². The van der Waals surface area contributed by atoms with Gasteiger partial charge < -0.3 is 4.90 Å². The molecule has 0 N–H and O–H groups in total. The Bertz CT molecular complexity index is 678. The zero-order valence-electron chi connectivity index (χ0n) is 12.9. The summed E-state index contributed by atoms with van der Waals surface area (Å²) in [5, 5.41) is 0. The van der Waals surface area contributed by atoms with Crippen molar-refractivity contribution in [2.45, 2.75) is 26.3 Å². The van der Waals surface area contributed by atoms with Crippen molar-refractivity contribution in [1.82, 2.24) is 4.90 Å². The molecule has 3 rings (SSSR count). The molecule has 0 saturated carbocycles. The Labute approximate surface area is 130 Å². The van der Waals surface area contributed by atoms with Gasteiger partial charge in [0.1, 0.15) is 5.82 Å². The van der Waals surface area contributed by atoms with Gasteiger partial charge in [-0.05, 0) is 47.7 Å². The third kappa shape index (κ3) is 2.63. The third-order valence-corrected chi connectivity index (χ3v) is 4.32. The second-order valence-electron chi connectivity index (χ2n) is 6.14. The Kier molecular flexibility index (Phi) is 3.97. The molecule has 22 heavy (non-hydrogen) atoms. The minimum Gasteiger partial charge on any atom is -0.331 e. The second-order valence-corrected chi connectivity index (χ2v) is 6.14. The maximum absolute atomic E-state index is 13.1. The minimum absolute atomic E-state index is 0.0202. The van der Waals surface area contributed by atoms with Gasteiger partial charge in [0, 0.05) is 12.1 Å². The van der Waals surface area contributed by atoms with Crippen LogP contribution in [0, 0.1) is 11.7 Å². The minimum atomic E-state index is -0.319. The molecule has 114 valence electrons. The molecule has 0 aliphatic carbocycles. The molecule has 1 amide bonds. The summed E-state index contributed by atoms with van der Waals surface area (Å²) in [7, 11) is 0. The fourth-order valence-electron chi connectivity index (χ4n) is 3.30. The summed E-state index contributed by atoms with van der Waals surface area (Å²) in [6, 6.07) is 14.2. The van der Waals surface area contributed by atoms with Crippen molar-refractivity contribution < 1.29 is 9.18 Å². The molecule has 1 aliphatic heterocycles. The highest BCUT2D eigenvalue weighted by Crippen LogP contribution is 2.35. The monoisotopic (exact) mass is 297 g/mol. The smallest absolute Gasteiger partial charge is 0.254 e. The number of amides is 1. The highest BCUT2D eigenvalue weighted by atomic mass is 19.1. The van der Waals surface area contributed by atoms with Crippen LogP contribution in [0.5, 0.6) is 0 Å². The summed E-state index contributed by atoms with van der Waals surface area (Å²) < 4.78 is 13.1. The first-order valence-corrected chi connectivity index (χ1v) is 7.72. The quantitative estimate of drug-likeness (QED) is 0.812. The number of halogens is 1. The Balaban J connectivity index is 1.96. The second kappa shape index (κ2) is 5.91. The van der Waals surface area contributed by atoms with Crippen LogP contribution >= 0.6 is 0 Å². The van der Waals surface area contributed by atoms with Crippen molar-refractivity contribution in [3.8, 4) is 0 Å². The van der Waals surface area contributed by atoms with Gasteiger partial charge in [-0.15, -0.1) is 0 Å². The summed E-state index contributed by atoms with van der Waals surface area (Å²) in [6.45, 7) is 4.98. The maximum atomic E-state index is 13.1. The molecule has 0 aromatic heterocycles. The summed E-state index contributed by atoms with van der Waals surface area (Å²) in [5.41, 5.74) is 3.11. The van der Waals surface area contributed by atoms with Crippen molar-refractivity contribution in [3.05, 3.63) is 71.0 Å². The summed E-state index contributed by atoms with van der Waals surface area (Å²) in [4.78, 5) is 14.8. The van der Waals surface area contributed by atoms with E-state index in [0.29, 0.717) is 18.0 Å². The average molecular weight is 297 g/mol. The highest BCUT2D eigenvalue weighted by molar-refractivity contribution is 5.94. The van der Waals surface area contributed by atoms with Crippen molar-refractivity contribution in [2.75, 3.05) is 6.54 Å². The Hall–Kier alpha value is -2.16. The molecular weight excluding hydrogens is 277 g/mol. The summed E-state index contributed by atoms with van der Waals surface area (Å²) in [6.07, 6.45) is 0.867. The van der Waals surface area contributed by atoms with E-state index in [0.717, 1.165) is 6.42 Å². The number of benzene rings is 2. The largest absolute Gasteiger partial charge is 0.331 e. The van der Waals surface area contributed by atoms with Gasteiger partial charge in [0.2, 0.25) is 0 Å². The number of carbonyl (C=O) groups is 1. The van der Waals surface area contributed by atoms with E-state index in [-0.39, 0.29) is 17.8 Å². The van der Waals surface area contributed by atoms with Crippen LogP contribution < -0.4 is 0 Å². The fourth-order valence-corrected chi connectivity index (χ4v) is 3.30. The first kappa shape index (κ1) is 14.8. The molecule has 0 bridgehead atoms. The predicted octanol–water partition coefficient (Wildman–Crippen LogP) is 4.22. The van der Waals surface area contributed by atoms with Gasteiger partial charge in [0.15, 0.2) is 0 Å². The van der Waals surface area contributed by atoms with Crippen molar-refractivity contribution >= 4 is 5.91 Å². The molecule has 1 unspecified atom stereocenters. The molecule has 3 heteroatoms. The standard InChI is InChI=1S/C19H20FNO/c1-13(2)18-17-6-4-3-5-14(17)11-12-21(18)19(22)15-7-9-16(20)10-8-15/h3-10,13,18H,11-12H2,1-2H3. The van der Waals surface area contributed by atoms with E-state index in [1.54, 1.807) is 12.1 Å². The first-order valence-electron chi connectivity index (χ1n) is 7.72. The van der Waals surface area contributed by atoms with Gasteiger partial charge >= 0.3 is 0 Å². The summed E-state index contributed by atoms with van der Waals surface area (Å²) >= 11 is 0. The van der Waals surface area contributed by atoms with Gasteiger partial charge in [0.05, 0.1) is 6.04 Å². The molecule has 0 spiro atoms. The topological polar surface area (TPSA) is 20.3 Å². The zero-order valence-corrected chi connectivity index (χ0v) is 12.9. The highest BCUT2D eigenvalue weighted by Gasteiger charge is 2.32. The molecule has 1 atom stereocenters. The van der Waals surface area contributed by atoms with E-state index in [1.165, 1.54) is 23.3 Å². The van der Waals surface area contributed by atoms with E-state index in [4.69, 9.17) is 0 Å². The van der Waals surface area contributed by atoms with Gasteiger partial charge in [-0.3, -0.25) is 4.79 Å². The summed E-state index contributed by atoms with van der Waals surface area (Å²) in [5.74, 6) is -0.0139. The van der Waals surface area contributed by atoms with E-state index < -0.39 is 0 Å². The van der Waals surface area contributed by atoms with Crippen LogP contribution in [0.3, 0.4) is 0 Å². The van der Waals surface area contributed by atoms with E-state index >= 15 is 0 Å². The zero-order chi connectivity index (χ0) is 15.7. The normalized spacial score (nSPS) is 17.5. The molecule has 2 aromatic rings. The van der Waals surface area contributed by atoms with Crippen LogP contribution in [0.4, 0.5) is 4.39 Å². The molecule has 0 radical (unpaired) electrons. The van der Waals surface area contributed by atoms with Crippen molar-refractivity contribution in [1.29, 1.82) is 0 Å². The van der Waals surface area contributed by atoms with Gasteiger partial charge in [-0.1, -0.05) is 38.1 Å². The lowest BCUT2D eigenvalue weighted by Gasteiger charge is -2.40. The van der Waals surface area contributed by atoms with Crippen LogP contribution in [0.25, 0.3) is 0 Å². The molecule has 1 heterocycles. The van der Waals surface area contributed by atoms with Gasteiger partial charge in [-0.25, -0.2) is 4.39 Å². The first-order chi connectivity index (χ1) is 10.6. The van der Waals surface area contributed by atoms with Crippen molar-refractivity contribution in [2.24, 2.45) is 5.92 Å².